The summed E-state index contributed by atoms with van der Waals surface area (Å²) in [4.78, 5) is 52.8. The van der Waals surface area contributed by atoms with Crippen LogP contribution < -0.4 is 11.5 Å². The third-order valence-corrected chi connectivity index (χ3v) is 8.00. The molecule has 0 aromatic heterocycles. The molecule has 0 fully saturated rings. The van der Waals surface area contributed by atoms with Gasteiger partial charge in [0, 0.05) is 0 Å². The molecule has 2 aromatic carbocycles. The van der Waals surface area contributed by atoms with E-state index in [4.69, 9.17) is 25.7 Å². The maximum atomic E-state index is 13.3. The molecule has 0 aliphatic heterocycles. The highest BCUT2D eigenvalue weighted by Gasteiger charge is 2.28. The van der Waals surface area contributed by atoms with Crippen LogP contribution in [0.4, 0.5) is 0 Å². The normalized spacial score (nSPS) is 11.6. The molecule has 0 bridgehead atoms. The van der Waals surface area contributed by atoms with Crippen molar-refractivity contribution < 1.29 is 33.4 Å². The lowest BCUT2D eigenvalue weighted by molar-refractivity contribution is -0.157. The summed E-state index contributed by atoms with van der Waals surface area (Å²) in [7, 11) is 0. The first-order chi connectivity index (χ1) is 24.0. The van der Waals surface area contributed by atoms with Crippen molar-refractivity contribution in [1.29, 1.82) is 0 Å². The molecule has 0 aliphatic rings. The Morgan fingerprint density at radius 3 is 1.12 bits per heavy atom. The van der Waals surface area contributed by atoms with E-state index in [9.17, 15) is 19.2 Å². The summed E-state index contributed by atoms with van der Waals surface area (Å²) >= 11 is 0. The van der Waals surface area contributed by atoms with E-state index in [1.807, 2.05) is 36.4 Å². The lowest BCUT2D eigenvalue weighted by Crippen LogP contribution is -2.25. The molecule has 0 unspecified atom stereocenters. The molecule has 0 aliphatic carbocycles. The van der Waals surface area contributed by atoms with Gasteiger partial charge in [-0.15, -0.1) is 0 Å². The molecular formula is C40H56N2O7. The monoisotopic (exact) mass is 676 g/mol. The van der Waals surface area contributed by atoms with Gasteiger partial charge in [-0.1, -0.05) is 137 Å². The number of esters is 4. The summed E-state index contributed by atoms with van der Waals surface area (Å²) < 4.78 is 16.0. The predicted molar refractivity (Wildman–Crippen MR) is 192 cm³/mol. The minimum absolute atomic E-state index is 0.0506. The maximum absolute atomic E-state index is 13.3. The van der Waals surface area contributed by atoms with E-state index in [1.54, 1.807) is 24.3 Å². The number of carbonyl (C=O) groups is 4. The van der Waals surface area contributed by atoms with Gasteiger partial charge in [-0.2, -0.15) is 0 Å². The zero-order valence-electron chi connectivity index (χ0n) is 29.1. The van der Waals surface area contributed by atoms with Crippen molar-refractivity contribution in [2.45, 2.75) is 116 Å². The largest absolute Gasteiger partial charge is 0.457 e. The minimum Gasteiger partial charge on any atom is -0.457 e. The van der Waals surface area contributed by atoms with Gasteiger partial charge >= 0.3 is 23.9 Å². The van der Waals surface area contributed by atoms with Gasteiger partial charge in [0.05, 0.1) is 0 Å². The van der Waals surface area contributed by atoms with Crippen LogP contribution in [0.2, 0.25) is 0 Å². The first-order valence-corrected chi connectivity index (χ1v) is 17.9. The fraction of sp³-hybridized carbons (Fsp3) is 0.500. The second-order valence-corrected chi connectivity index (χ2v) is 12.1. The lowest BCUT2D eigenvalue weighted by atomic mass is 10.1. The molecular weight excluding hydrogens is 620 g/mol. The van der Waals surface area contributed by atoms with Gasteiger partial charge in [0.15, 0.2) is 0 Å². The number of hydrogen-bond acceptors (Lipinski definition) is 9. The number of unbranched alkanes of at least 4 members (excludes halogenated alkanes) is 14. The van der Waals surface area contributed by atoms with Gasteiger partial charge in [0.2, 0.25) is 0 Å². The molecule has 9 heteroatoms. The molecule has 0 saturated heterocycles. The van der Waals surface area contributed by atoms with Gasteiger partial charge in [0.25, 0.3) is 0 Å². The number of benzene rings is 2. The van der Waals surface area contributed by atoms with E-state index < -0.39 is 23.9 Å². The number of rotatable bonds is 26. The van der Waals surface area contributed by atoms with Crippen LogP contribution in [-0.2, 0) is 46.6 Å². The van der Waals surface area contributed by atoms with E-state index in [-0.39, 0.29) is 24.4 Å². The van der Waals surface area contributed by atoms with Crippen molar-refractivity contribution in [3.8, 4) is 0 Å². The molecule has 0 radical (unpaired) electrons. The summed E-state index contributed by atoms with van der Waals surface area (Å²) in [6.07, 6.45) is 17.9. The van der Waals surface area contributed by atoms with Crippen LogP contribution >= 0.6 is 0 Å². The highest BCUT2D eigenvalue weighted by Crippen LogP contribution is 2.16. The van der Waals surface area contributed by atoms with Crippen molar-refractivity contribution in [3.63, 3.8) is 0 Å². The smallest absolute Gasteiger partial charge is 0.353 e. The van der Waals surface area contributed by atoms with Gasteiger partial charge < -0.3 is 25.7 Å². The summed E-state index contributed by atoms with van der Waals surface area (Å²) in [5.74, 6) is -4.12. The summed E-state index contributed by atoms with van der Waals surface area (Å²) in [5.41, 5.74) is 11.9. The Bertz CT molecular complexity index is 1190. The standard InChI is InChI=1S/C40H56N2O7/c41-29-21-11-7-3-1-5-9-19-27-35(37(43)47-31-33-23-15-13-16-24-33)39(45)49-40(46)36(28-20-10-6-2-4-8-12-22-30-42)38(44)48-32-34-25-17-14-18-26-34/h13-18,23-28H,1-12,19-22,29-32,41-42H2. The maximum Gasteiger partial charge on any atom is 0.353 e. The molecule has 49 heavy (non-hydrogen) atoms. The predicted octanol–water partition coefficient (Wildman–Crippen LogP) is 7.55. The Morgan fingerprint density at radius 1 is 0.449 bits per heavy atom. The van der Waals surface area contributed by atoms with Gasteiger partial charge in [-0.25, -0.2) is 19.2 Å². The number of carbonyl (C=O) groups excluding carboxylic acids is 4. The van der Waals surface area contributed by atoms with Crippen molar-refractivity contribution in [3.05, 3.63) is 95.1 Å². The Morgan fingerprint density at radius 2 is 0.776 bits per heavy atom. The number of allylic oxidation sites excluding steroid dienone is 2. The molecule has 2 rings (SSSR count). The molecule has 0 amide bonds. The average molecular weight is 677 g/mol. The third-order valence-electron chi connectivity index (χ3n) is 8.00. The molecule has 9 nitrogen and oxygen atoms in total. The molecule has 4 N–H and O–H groups in total. The fourth-order valence-corrected chi connectivity index (χ4v) is 5.13. The summed E-state index contributed by atoms with van der Waals surface area (Å²) in [6, 6.07) is 18.1. The van der Waals surface area contributed by atoms with Crippen LogP contribution in [0.1, 0.15) is 114 Å². The molecule has 0 heterocycles. The first-order valence-electron chi connectivity index (χ1n) is 17.9. The second-order valence-electron chi connectivity index (χ2n) is 12.1. The highest BCUT2D eigenvalue weighted by molar-refractivity contribution is 6.21. The average Bonchev–Trinajstić information content (AvgIpc) is 3.12. The van der Waals surface area contributed by atoms with Gasteiger partial charge in [-0.3, -0.25) is 0 Å². The second kappa shape index (κ2) is 26.8. The van der Waals surface area contributed by atoms with E-state index in [1.165, 1.54) is 12.2 Å². The van der Waals surface area contributed by atoms with Crippen LogP contribution in [-0.4, -0.2) is 37.0 Å². The minimum atomic E-state index is -1.16. The number of ether oxygens (including phenoxy) is 3. The van der Waals surface area contributed by atoms with Gasteiger partial charge in [0.1, 0.15) is 24.4 Å². The van der Waals surface area contributed by atoms with Crippen LogP contribution in [0.5, 0.6) is 0 Å². The fourth-order valence-electron chi connectivity index (χ4n) is 5.13. The highest BCUT2D eigenvalue weighted by atomic mass is 16.6. The molecule has 268 valence electrons. The number of nitrogens with two attached hydrogens (primary N) is 2. The SMILES string of the molecule is NCCCCCCCCCC=C(C(=O)OCc1ccccc1)C(=O)OC(=O)C(=CCCCCCCCCCN)C(=O)OCc1ccccc1. The van der Waals surface area contributed by atoms with Crippen LogP contribution in [0.25, 0.3) is 0 Å². The van der Waals surface area contributed by atoms with Crippen LogP contribution in [0, 0.1) is 0 Å². The molecule has 2 aromatic rings. The zero-order valence-corrected chi connectivity index (χ0v) is 29.1. The Balaban J connectivity index is 2.08. The van der Waals surface area contributed by atoms with E-state index in [0.717, 1.165) is 101 Å². The first kappa shape index (κ1) is 41.1. The third kappa shape index (κ3) is 18.9. The van der Waals surface area contributed by atoms with Gasteiger partial charge in [-0.05, 0) is 62.7 Å². The lowest BCUT2D eigenvalue weighted by Gasteiger charge is -2.11. The quantitative estimate of drug-likeness (QED) is 0.0257. The van der Waals surface area contributed by atoms with Crippen molar-refractivity contribution in [2.24, 2.45) is 11.5 Å². The number of hydrogen-bond donors (Lipinski definition) is 2. The summed E-state index contributed by atoms with van der Waals surface area (Å²) in [6.45, 7) is 1.31. The Labute approximate surface area is 292 Å². The zero-order chi connectivity index (χ0) is 35.4. The van der Waals surface area contributed by atoms with Crippen molar-refractivity contribution >= 4 is 23.9 Å². The topological polar surface area (TPSA) is 148 Å². The Hall–Kier alpha value is -4.08. The van der Waals surface area contributed by atoms with E-state index in [0.29, 0.717) is 25.9 Å². The van der Waals surface area contributed by atoms with Crippen LogP contribution in [0.3, 0.4) is 0 Å². The van der Waals surface area contributed by atoms with E-state index >= 15 is 0 Å². The van der Waals surface area contributed by atoms with E-state index in [2.05, 4.69) is 0 Å². The molecule has 0 saturated carbocycles. The van der Waals surface area contributed by atoms with Crippen LogP contribution in [0.15, 0.2) is 84.0 Å². The Kier molecular flexibility index (Phi) is 22.5. The molecule has 0 spiro atoms. The van der Waals surface area contributed by atoms with Crippen molar-refractivity contribution in [2.75, 3.05) is 13.1 Å². The molecule has 0 atom stereocenters. The summed E-state index contributed by atoms with van der Waals surface area (Å²) in [5, 5.41) is 0. The van der Waals surface area contributed by atoms with Crippen molar-refractivity contribution in [1.82, 2.24) is 0 Å².